The van der Waals surface area contributed by atoms with Gasteiger partial charge in [0.25, 0.3) is 0 Å². The molecule has 112 valence electrons. The van der Waals surface area contributed by atoms with Crippen LogP contribution in [0.25, 0.3) is 0 Å². The Kier molecular flexibility index (Phi) is 6.49. The average Bonchev–Trinajstić information content (AvgIpc) is 2.38. The lowest BCUT2D eigenvalue weighted by Gasteiger charge is -2.25. The van der Waals surface area contributed by atoms with Gasteiger partial charge in [-0.15, -0.1) is 11.8 Å². The number of thioether (sulfide) groups is 1. The Morgan fingerprint density at radius 3 is 2.50 bits per heavy atom. The second-order valence-corrected chi connectivity index (χ2v) is 6.96. The van der Waals surface area contributed by atoms with Crippen molar-refractivity contribution in [3.05, 3.63) is 30.1 Å². The van der Waals surface area contributed by atoms with Gasteiger partial charge in [0.2, 0.25) is 5.91 Å². The van der Waals surface area contributed by atoms with Gasteiger partial charge in [-0.3, -0.25) is 4.79 Å². The third-order valence-corrected chi connectivity index (χ3v) is 4.02. The van der Waals surface area contributed by atoms with Gasteiger partial charge in [0, 0.05) is 11.4 Å². The summed E-state index contributed by atoms with van der Waals surface area (Å²) in [6.45, 7) is 6.45. The molecule has 0 saturated carbocycles. The zero-order chi connectivity index (χ0) is 15.2. The molecule has 0 fully saturated rings. The zero-order valence-electron chi connectivity index (χ0n) is 12.3. The summed E-state index contributed by atoms with van der Waals surface area (Å²) in [5, 5.41) is 2.85. The van der Waals surface area contributed by atoms with E-state index in [4.69, 9.17) is 5.73 Å². The van der Waals surface area contributed by atoms with E-state index in [1.807, 2.05) is 20.8 Å². The van der Waals surface area contributed by atoms with Crippen molar-refractivity contribution in [3.8, 4) is 0 Å². The number of rotatable bonds is 6. The van der Waals surface area contributed by atoms with E-state index >= 15 is 0 Å². The summed E-state index contributed by atoms with van der Waals surface area (Å²) in [6, 6.07) is 5.92. The van der Waals surface area contributed by atoms with Gasteiger partial charge in [0.15, 0.2) is 0 Å². The lowest BCUT2D eigenvalue weighted by Crippen LogP contribution is -2.48. The zero-order valence-corrected chi connectivity index (χ0v) is 13.1. The van der Waals surface area contributed by atoms with Crippen LogP contribution in [0.2, 0.25) is 0 Å². The van der Waals surface area contributed by atoms with Crippen molar-refractivity contribution >= 4 is 17.7 Å². The molecular weight excluding hydrogens is 275 g/mol. The van der Waals surface area contributed by atoms with Crippen LogP contribution in [0.15, 0.2) is 29.2 Å². The van der Waals surface area contributed by atoms with E-state index in [9.17, 15) is 9.18 Å². The van der Waals surface area contributed by atoms with Crippen molar-refractivity contribution in [2.24, 2.45) is 11.1 Å². The third-order valence-electron chi connectivity index (χ3n) is 2.92. The molecule has 1 aromatic carbocycles. The predicted molar refractivity (Wildman–Crippen MR) is 82.2 cm³/mol. The van der Waals surface area contributed by atoms with Crippen molar-refractivity contribution in [1.29, 1.82) is 0 Å². The number of nitrogens with two attached hydrogens (primary N) is 1. The van der Waals surface area contributed by atoms with Gasteiger partial charge in [-0.05, 0) is 41.9 Å². The van der Waals surface area contributed by atoms with Gasteiger partial charge in [-0.1, -0.05) is 20.8 Å². The number of hydrogen-bond donors (Lipinski definition) is 2. The maximum atomic E-state index is 12.7. The van der Waals surface area contributed by atoms with Gasteiger partial charge >= 0.3 is 0 Å². The standard InChI is InChI=1S/C15H23FN2OS/c1-15(2,3)13(17)14(19)18-9-4-10-20-12-7-5-11(16)6-8-12/h5-8,13H,4,9-10,17H2,1-3H3,(H,18,19)/t13-/m1/s1. The molecule has 1 amide bonds. The first-order valence-electron chi connectivity index (χ1n) is 6.72. The van der Waals surface area contributed by atoms with Crippen molar-refractivity contribution in [3.63, 3.8) is 0 Å². The normalized spacial score (nSPS) is 13.1. The van der Waals surface area contributed by atoms with Crippen LogP contribution in [0.5, 0.6) is 0 Å². The number of carbonyl (C=O) groups excluding carboxylic acids is 1. The molecule has 0 heterocycles. The van der Waals surface area contributed by atoms with Gasteiger partial charge in [-0.2, -0.15) is 0 Å². The molecule has 5 heteroatoms. The smallest absolute Gasteiger partial charge is 0.237 e. The van der Waals surface area contributed by atoms with E-state index in [0.717, 1.165) is 17.1 Å². The minimum atomic E-state index is -0.493. The molecule has 0 aliphatic carbocycles. The van der Waals surface area contributed by atoms with Crippen LogP contribution in [0.4, 0.5) is 4.39 Å². The number of hydrogen-bond acceptors (Lipinski definition) is 3. The largest absolute Gasteiger partial charge is 0.355 e. The average molecular weight is 298 g/mol. The van der Waals surface area contributed by atoms with E-state index in [1.54, 1.807) is 23.9 Å². The molecule has 1 aromatic rings. The first kappa shape index (κ1) is 17.0. The fraction of sp³-hybridized carbons (Fsp3) is 0.533. The molecule has 0 radical (unpaired) electrons. The highest BCUT2D eigenvalue weighted by atomic mass is 32.2. The van der Waals surface area contributed by atoms with Crippen LogP contribution >= 0.6 is 11.8 Å². The second-order valence-electron chi connectivity index (χ2n) is 5.79. The highest BCUT2D eigenvalue weighted by Gasteiger charge is 2.26. The monoisotopic (exact) mass is 298 g/mol. The summed E-state index contributed by atoms with van der Waals surface area (Å²) in [5.74, 6) is 0.540. The number of nitrogens with one attached hydrogen (secondary N) is 1. The minimum Gasteiger partial charge on any atom is -0.355 e. The maximum Gasteiger partial charge on any atom is 0.237 e. The van der Waals surface area contributed by atoms with Gasteiger partial charge < -0.3 is 11.1 Å². The predicted octanol–water partition coefficient (Wildman–Crippen LogP) is 2.80. The second kappa shape index (κ2) is 7.64. The minimum absolute atomic E-state index is 0.107. The number of carbonyl (C=O) groups is 1. The molecule has 0 unspecified atom stereocenters. The van der Waals surface area contributed by atoms with Crippen LogP contribution in [-0.4, -0.2) is 24.2 Å². The van der Waals surface area contributed by atoms with Crippen LogP contribution in [-0.2, 0) is 4.79 Å². The van der Waals surface area contributed by atoms with E-state index in [2.05, 4.69) is 5.32 Å². The molecule has 3 N–H and O–H groups in total. The van der Waals surface area contributed by atoms with E-state index in [1.165, 1.54) is 12.1 Å². The Bertz CT molecular complexity index is 428. The van der Waals surface area contributed by atoms with Gasteiger partial charge in [-0.25, -0.2) is 4.39 Å². The Balaban J connectivity index is 2.19. The number of benzene rings is 1. The molecule has 0 aliphatic rings. The van der Waals surface area contributed by atoms with Crippen LogP contribution < -0.4 is 11.1 Å². The molecule has 0 aliphatic heterocycles. The van der Waals surface area contributed by atoms with E-state index < -0.39 is 6.04 Å². The van der Waals surface area contributed by atoms with Crippen LogP contribution in [0.3, 0.4) is 0 Å². The summed E-state index contributed by atoms with van der Waals surface area (Å²) in [5.41, 5.74) is 5.63. The first-order valence-corrected chi connectivity index (χ1v) is 7.71. The highest BCUT2D eigenvalue weighted by Crippen LogP contribution is 2.19. The molecule has 0 saturated heterocycles. The quantitative estimate of drug-likeness (QED) is 0.627. The molecule has 1 atom stereocenters. The van der Waals surface area contributed by atoms with Crippen molar-refractivity contribution in [2.45, 2.75) is 38.1 Å². The molecular formula is C15H23FN2OS. The molecule has 1 rings (SSSR count). The topological polar surface area (TPSA) is 55.1 Å². The summed E-state index contributed by atoms with van der Waals surface area (Å²) in [6.07, 6.45) is 0.852. The molecule has 3 nitrogen and oxygen atoms in total. The SMILES string of the molecule is CC(C)(C)[C@H](N)C(=O)NCCCSc1ccc(F)cc1. The Morgan fingerprint density at radius 1 is 1.35 bits per heavy atom. The summed E-state index contributed by atoms with van der Waals surface area (Å²) in [4.78, 5) is 12.8. The first-order chi connectivity index (χ1) is 9.30. The van der Waals surface area contributed by atoms with E-state index in [-0.39, 0.29) is 17.1 Å². The maximum absolute atomic E-state index is 12.7. The van der Waals surface area contributed by atoms with Gasteiger partial charge in [0.05, 0.1) is 6.04 Å². The fourth-order valence-electron chi connectivity index (χ4n) is 1.51. The summed E-state index contributed by atoms with van der Waals surface area (Å²) < 4.78 is 12.7. The molecule has 0 bridgehead atoms. The van der Waals surface area contributed by atoms with E-state index in [0.29, 0.717) is 6.54 Å². The summed E-state index contributed by atoms with van der Waals surface area (Å²) >= 11 is 1.65. The third kappa shape index (κ3) is 5.92. The Labute approximate surface area is 124 Å². The Morgan fingerprint density at radius 2 is 1.95 bits per heavy atom. The van der Waals surface area contributed by atoms with Crippen LogP contribution in [0, 0.1) is 11.2 Å². The van der Waals surface area contributed by atoms with Crippen molar-refractivity contribution in [2.75, 3.05) is 12.3 Å². The van der Waals surface area contributed by atoms with Crippen LogP contribution in [0.1, 0.15) is 27.2 Å². The lowest BCUT2D eigenvalue weighted by atomic mass is 9.87. The summed E-state index contributed by atoms with van der Waals surface area (Å²) in [7, 11) is 0. The lowest BCUT2D eigenvalue weighted by molar-refractivity contribution is -0.124. The van der Waals surface area contributed by atoms with Crippen molar-refractivity contribution in [1.82, 2.24) is 5.32 Å². The van der Waals surface area contributed by atoms with Gasteiger partial charge in [0.1, 0.15) is 5.82 Å². The molecule has 0 aromatic heterocycles. The number of amides is 1. The number of halogens is 1. The molecule has 0 spiro atoms. The molecule has 20 heavy (non-hydrogen) atoms. The Hall–Kier alpha value is -1.07. The fourth-order valence-corrected chi connectivity index (χ4v) is 2.36. The highest BCUT2D eigenvalue weighted by molar-refractivity contribution is 7.99. The van der Waals surface area contributed by atoms with Crippen molar-refractivity contribution < 1.29 is 9.18 Å².